The molecule has 0 radical (unpaired) electrons. The highest BCUT2D eigenvalue weighted by Crippen LogP contribution is 2.37. The first-order chi connectivity index (χ1) is 11.3. The Hall–Kier alpha value is -2.53. The van der Waals surface area contributed by atoms with Crippen molar-refractivity contribution >= 4 is 6.29 Å². The minimum atomic E-state index is 0.163. The highest BCUT2D eigenvalue weighted by atomic mass is 16.7. The van der Waals surface area contributed by atoms with Gasteiger partial charge < -0.3 is 18.9 Å². The summed E-state index contributed by atoms with van der Waals surface area (Å²) in [6.45, 7) is 1.23. The van der Waals surface area contributed by atoms with Gasteiger partial charge in [0.25, 0.3) is 0 Å². The van der Waals surface area contributed by atoms with Crippen LogP contribution in [0.25, 0.3) is 0 Å². The van der Waals surface area contributed by atoms with Gasteiger partial charge in [-0.2, -0.15) is 0 Å². The lowest BCUT2D eigenvalue weighted by Crippen LogP contribution is -2.16. The van der Waals surface area contributed by atoms with E-state index in [1.54, 1.807) is 19.2 Å². The molecule has 0 fully saturated rings. The van der Waals surface area contributed by atoms with Crippen LogP contribution in [0.3, 0.4) is 0 Å². The van der Waals surface area contributed by atoms with E-state index in [1.807, 2.05) is 24.3 Å². The Morgan fingerprint density at radius 2 is 1.78 bits per heavy atom. The zero-order valence-electron chi connectivity index (χ0n) is 12.9. The first-order valence-corrected chi connectivity index (χ1v) is 7.38. The molecule has 0 aromatic heterocycles. The van der Waals surface area contributed by atoms with E-state index in [4.69, 9.17) is 18.9 Å². The molecule has 120 valence electrons. The van der Waals surface area contributed by atoms with E-state index in [0.29, 0.717) is 36.7 Å². The van der Waals surface area contributed by atoms with Crippen LogP contribution < -0.4 is 14.2 Å². The van der Waals surface area contributed by atoms with Crippen LogP contribution in [0.4, 0.5) is 0 Å². The molecule has 0 unspecified atom stereocenters. The number of fused-ring (bicyclic) bond motifs is 1. The summed E-state index contributed by atoms with van der Waals surface area (Å²) in [6, 6.07) is 11.2. The summed E-state index contributed by atoms with van der Waals surface area (Å²) < 4.78 is 21.9. The maximum Gasteiger partial charge on any atom is 0.188 e. The highest BCUT2D eigenvalue weighted by molar-refractivity contribution is 5.74. The summed E-state index contributed by atoms with van der Waals surface area (Å²) in [7, 11) is 1.58. The van der Waals surface area contributed by atoms with Crippen molar-refractivity contribution in [3.8, 4) is 17.2 Å². The summed E-state index contributed by atoms with van der Waals surface area (Å²) in [5, 5.41) is 0. The van der Waals surface area contributed by atoms with Gasteiger partial charge in [0.15, 0.2) is 18.3 Å². The van der Waals surface area contributed by atoms with E-state index in [0.717, 1.165) is 23.2 Å². The fraction of sp³-hybridized carbons (Fsp3) is 0.278. The maximum absolute atomic E-state index is 10.7. The summed E-state index contributed by atoms with van der Waals surface area (Å²) in [5.74, 6) is 2.11. The molecule has 1 heterocycles. The minimum absolute atomic E-state index is 0.163. The monoisotopic (exact) mass is 314 g/mol. The summed E-state index contributed by atoms with van der Waals surface area (Å²) in [4.78, 5) is 10.7. The molecule has 0 N–H and O–H groups in total. The van der Waals surface area contributed by atoms with Gasteiger partial charge in [-0.25, -0.2) is 0 Å². The van der Waals surface area contributed by atoms with Crippen LogP contribution in [-0.2, 0) is 11.2 Å². The van der Waals surface area contributed by atoms with Crippen molar-refractivity contribution in [1.82, 2.24) is 0 Å². The average molecular weight is 314 g/mol. The van der Waals surface area contributed by atoms with Crippen molar-refractivity contribution in [1.29, 1.82) is 0 Å². The highest BCUT2D eigenvalue weighted by Gasteiger charge is 2.17. The molecule has 0 atom stereocenters. The molecular weight excluding hydrogens is 296 g/mol. The lowest BCUT2D eigenvalue weighted by atomic mass is 10.0. The molecule has 2 aromatic carbocycles. The standard InChI is InChI=1S/C18H18O5/c1-20-12-23-16-10-18-17(21-6-7-22-18)9-15(16)8-13-2-4-14(11-19)5-3-13/h2-5,9-11H,6-8,12H2,1H3. The molecule has 0 aliphatic carbocycles. The van der Waals surface area contributed by atoms with Gasteiger partial charge in [-0.3, -0.25) is 4.79 Å². The third kappa shape index (κ3) is 3.63. The predicted molar refractivity (Wildman–Crippen MR) is 84.6 cm³/mol. The van der Waals surface area contributed by atoms with Crippen molar-refractivity contribution in [2.75, 3.05) is 27.1 Å². The molecule has 2 aromatic rings. The van der Waals surface area contributed by atoms with E-state index < -0.39 is 0 Å². The molecule has 0 spiro atoms. The SMILES string of the molecule is COCOc1cc2c(cc1Cc1ccc(C=O)cc1)OCCO2. The molecule has 1 aliphatic rings. The summed E-state index contributed by atoms with van der Waals surface area (Å²) >= 11 is 0. The molecule has 23 heavy (non-hydrogen) atoms. The van der Waals surface area contributed by atoms with Crippen LogP contribution in [0.15, 0.2) is 36.4 Å². The second-order valence-corrected chi connectivity index (χ2v) is 5.19. The Bertz CT molecular complexity index is 679. The molecule has 0 saturated heterocycles. The number of rotatable bonds is 6. The van der Waals surface area contributed by atoms with Gasteiger partial charge in [0, 0.05) is 30.7 Å². The van der Waals surface area contributed by atoms with Crippen LogP contribution in [-0.4, -0.2) is 33.4 Å². The number of hydrogen-bond acceptors (Lipinski definition) is 5. The van der Waals surface area contributed by atoms with Crippen molar-refractivity contribution in [2.45, 2.75) is 6.42 Å². The number of carbonyl (C=O) groups is 1. The number of carbonyl (C=O) groups excluding carboxylic acids is 1. The van der Waals surface area contributed by atoms with Crippen molar-refractivity contribution in [3.05, 3.63) is 53.1 Å². The van der Waals surface area contributed by atoms with Gasteiger partial charge in [-0.15, -0.1) is 0 Å². The normalized spacial score (nSPS) is 12.7. The summed E-state index contributed by atoms with van der Waals surface area (Å²) in [6.07, 6.45) is 1.50. The van der Waals surface area contributed by atoms with Crippen molar-refractivity contribution < 1.29 is 23.7 Å². The average Bonchev–Trinajstić information content (AvgIpc) is 2.60. The van der Waals surface area contributed by atoms with Gasteiger partial charge in [0.05, 0.1) is 0 Å². The molecule has 0 amide bonds. The van der Waals surface area contributed by atoms with Crippen LogP contribution in [0.2, 0.25) is 0 Å². The number of methoxy groups -OCH3 is 1. The van der Waals surface area contributed by atoms with E-state index >= 15 is 0 Å². The number of aldehydes is 1. The zero-order valence-corrected chi connectivity index (χ0v) is 12.9. The largest absolute Gasteiger partial charge is 0.486 e. The molecule has 1 aliphatic heterocycles. The smallest absolute Gasteiger partial charge is 0.188 e. The van der Waals surface area contributed by atoms with Gasteiger partial charge in [-0.05, 0) is 11.6 Å². The number of benzene rings is 2. The lowest BCUT2D eigenvalue weighted by molar-refractivity contribution is 0.0500. The van der Waals surface area contributed by atoms with Crippen molar-refractivity contribution in [2.24, 2.45) is 0 Å². The van der Waals surface area contributed by atoms with E-state index in [9.17, 15) is 4.79 Å². The van der Waals surface area contributed by atoms with Crippen LogP contribution in [0.1, 0.15) is 21.5 Å². The van der Waals surface area contributed by atoms with E-state index in [1.165, 1.54) is 0 Å². The Balaban J connectivity index is 1.89. The predicted octanol–water partition coefficient (Wildman–Crippen LogP) is 2.84. The minimum Gasteiger partial charge on any atom is -0.486 e. The molecule has 5 heteroatoms. The van der Waals surface area contributed by atoms with Gasteiger partial charge in [0.2, 0.25) is 0 Å². The van der Waals surface area contributed by atoms with Crippen molar-refractivity contribution in [3.63, 3.8) is 0 Å². The Morgan fingerprint density at radius 1 is 1.09 bits per heavy atom. The van der Waals surface area contributed by atoms with Crippen LogP contribution >= 0.6 is 0 Å². The maximum atomic E-state index is 10.7. The second kappa shape index (κ2) is 7.15. The van der Waals surface area contributed by atoms with Crippen LogP contribution in [0.5, 0.6) is 17.2 Å². The van der Waals surface area contributed by atoms with Gasteiger partial charge in [-0.1, -0.05) is 24.3 Å². The van der Waals surface area contributed by atoms with E-state index in [2.05, 4.69) is 0 Å². The fourth-order valence-corrected chi connectivity index (χ4v) is 2.44. The summed E-state index contributed by atoms with van der Waals surface area (Å²) in [5.41, 5.74) is 2.71. The Morgan fingerprint density at radius 3 is 2.43 bits per heavy atom. The van der Waals surface area contributed by atoms with Crippen LogP contribution in [0, 0.1) is 0 Å². The molecule has 5 nitrogen and oxygen atoms in total. The molecular formula is C18H18O5. The quantitative estimate of drug-likeness (QED) is 0.606. The molecule has 0 saturated carbocycles. The van der Waals surface area contributed by atoms with E-state index in [-0.39, 0.29) is 6.79 Å². The first-order valence-electron chi connectivity index (χ1n) is 7.38. The van der Waals surface area contributed by atoms with Gasteiger partial charge >= 0.3 is 0 Å². The Labute approximate surface area is 134 Å². The first kappa shape index (κ1) is 15.4. The number of hydrogen-bond donors (Lipinski definition) is 0. The zero-order chi connectivity index (χ0) is 16.1. The molecule has 3 rings (SSSR count). The van der Waals surface area contributed by atoms with Gasteiger partial charge in [0.1, 0.15) is 25.2 Å². The molecule has 0 bridgehead atoms. The third-order valence-electron chi connectivity index (χ3n) is 3.57. The third-order valence-corrected chi connectivity index (χ3v) is 3.57. The lowest BCUT2D eigenvalue weighted by Gasteiger charge is -2.21. The fourth-order valence-electron chi connectivity index (χ4n) is 2.44. The topological polar surface area (TPSA) is 54.0 Å². The second-order valence-electron chi connectivity index (χ2n) is 5.19. The Kier molecular flexibility index (Phi) is 4.78. The number of ether oxygens (including phenoxy) is 4.